The summed E-state index contributed by atoms with van der Waals surface area (Å²) < 4.78 is 11.3. The van der Waals surface area contributed by atoms with E-state index in [0.717, 1.165) is 6.42 Å². The van der Waals surface area contributed by atoms with E-state index in [2.05, 4.69) is 86.2 Å². The number of benzene rings is 2. The van der Waals surface area contributed by atoms with Crippen molar-refractivity contribution in [3.63, 3.8) is 0 Å². The molecule has 3 aliphatic heterocycles. The quantitative estimate of drug-likeness (QED) is 0.370. The fraction of sp³-hybridized carbons (Fsp3) is 0.514. The molecule has 5 rings (SSSR count). The maximum Gasteiger partial charge on any atom is 0.243 e. The summed E-state index contributed by atoms with van der Waals surface area (Å²) in [5.41, 5.74) is 8.00. The van der Waals surface area contributed by atoms with Crippen molar-refractivity contribution in [1.82, 2.24) is 15.5 Å². The summed E-state index contributed by atoms with van der Waals surface area (Å²) in [5, 5.41) is 7.74. The number of aryl methyl sites for hydroxylation is 3. The second-order valence-electron chi connectivity index (χ2n) is 10.7. The van der Waals surface area contributed by atoms with Gasteiger partial charge in [-0.1, -0.05) is 81.3 Å². The van der Waals surface area contributed by atoms with Gasteiger partial charge in [-0.3, -0.25) is 14.4 Å². The summed E-state index contributed by atoms with van der Waals surface area (Å²) in [6, 6.07) is 14.5. The first-order valence-electron chi connectivity index (χ1n) is 15.7. The average Bonchev–Trinajstić information content (AvgIpc) is 3.78. The molecule has 2 unspecified atom stereocenters. The highest BCUT2D eigenvalue weighted by atomic mass is 32.2. The van der Waals surface area contributed by atoms with Crippen LogP contribution in [0.1, 0.15) is 64.2 Å². The predicted molar refractivity (Wildman–Crippen MR) is 180 cm³/mol. The molecule has 9 heteroatoms. The molecular formula is C35H51N3O5S. The van der Waals surface area contributed by atoms with Crippen molar-refractivity contribution in [2.24, 2.45) is 0 Å². The van der Waals surface area contributed by atoms with Crippen molar-refractivity contribution in [2.45, 2.75) is 85.3 Å². The van der Waals surface area contributed by atoms with E-state index < -0.39 is 11.8 Å². The molecule has 2 atom stereocenters. The lowest BCUT2D eigenvalue weighted by atomic mass is 9.95. The third kappa shape index (κ3) is 10.2. The Morgan fingerprint density at radius 2 is 1.59 bits per heavy atom. The van der Waals surface area contributed by atoms with Gasteiger partial charge in [0.15, 0.2) is 5.79 Å². The topological polar surface area (TPSA) is 97.0 Å². The van der Waals surface area contributed by atoms with E-state index in [4.69, 9.17) is 9.47 Å². The molecule has 2 fully saturated rings. The Morgan fingerprint density at radius 1 is 0.977 bits per heavy atom. The van der Waals surface area contributed by atoms with E-state index in [1.165, 1.54) is 38.3 Å². The Bertz CT molecular complexity index is 1220. The van der Waals surface area contributed by atoms with Crippen LogP contribution in [0.25, 0.3) is 11.1 Å². The minimum absolute atomic E-state index is 0.148. The van der Waals surface area contributed by atoms with E-state index in [9.17, 15) is 14.4 Å². The Balaban J connectivity index is 0.000000303. The monoisotopic (exact) mass is 625 g/mol. The lowest BCUT2D eigenvalue weighted by molar-refractivity contribution is -0.152. The molecule has 8 nitrogen and oxygen atoms in total. The fourth-order valence-electron chi connectivity index (χ4n) is 5.38. The lowest BCUT2D eigenvalue weighted by Crippen LogP contribution is -2.49. The highest BCUT2D eigenvalue weighted by molar-refractivity contribution is 8.03. The van der Waals surface area contributed by atoms with Crippen LogP contribution in [0, 0.1) is 20.8 Å². The van der Waals surface area contributed by atoms with Gasteiger partial charge in [0.05, 0.1) is 26.3 Å². The van der Waals surface area contributed by atoms with Gasteiger partial charge < -0.3 is 25.0 Å². The highest BCUT2D eigenvalue weighted by Gasteiger charge is 2.52. The molecule has 3 amide bonds. The van der Waals surface area contributed by atoms with Crippen molar-refractivity contribution in [1.29, 1.82) is 0 Å². The number of ether oxygens (including phenoxy) is 2. The van der Waals surface area contributed by atoms with Gasteiger partial charge in [-0.25, -0.2) is 0 Å². The van der Waals surface area contributed by atoms with Gasteiger partial charge in [-0.2, -0.15) is 0 Å². The largest absolute Gasteiger partial charge is 0.353 e. The third-order valence-corrected chi connectivity index (χ3v) is 8.66. The minimum atomic E-state index is -0.904. The van der Waals surface area contributed by atoms with E-state index in [0.29, 0.717) is 37.8 Å². The van der Waals surface area contributed by atoms with Crippen molar-refractivity contribution >= 4 is 30.0 Å². The number of nitrogens with one attached hydrogen (secondary N) is 2. The molecule has 3 heterocycles. The maximum atomic E-state index is 12.7. The molecule has 1 spiro atoms. The zero-order valence-corrected chi connectivity index (χ0v) is 28.5. The molecule has 2 N–H and O–H groups in total. The normalized spacial score (nSPS) is 19.4. The number of hydrogen-bond donors (Lipinski definition) is 2. The molecular weight excluding hydrogens is 574 g/mol. The standard InChI is InChI=1S/C16H23N3O5S.C15H16.2C2H6/c1-11-4-12(25-8-11)6-18-15(22)13-5-16(23-2-3-24-16)9-19(13)14(21)7-17-10-20;1-11-7-9-14(10-8-11)15-12(2)5-4-6-13(15)3;2*1-2/h8,10,12-13H,2-7,9H2,1H3,(H,17,20)(H,18,22);4-10H,1-3H3;2*1-2H3. The van der Waals surface area contributed by atoms with Gasteiger partial charge >= 0.3 is 0 Å². The van der Waals surface area contributed by atoms with Gasteiger partial charge in [-0.15, -0.1) is 11.8 Å². The third-order valence-electron chi connectivity index (χ3n) is 7.40. The molecule has 242 valence electrons. The number of amides is 3. The molecule has 0 saturated carbocycles. The number of carbonyl (C=O) groups is 3. The van der Waals surface area contributed by atoms with E-state index in [-0.39, 0.29) is 24.9 Å². The van der Waals surface area contributed by atoms with E-state index in [1.54, 1.807) is 11.8 Å². The van der Waals surface area contributed by atoms with E-state index >= 15 is 0 Å². The number of allylic oxidation sites excluding steroid dienone is 1. The molecule has 2 saturated heterocycles. The van der Waals surface area contributed by atoms with Crippen LogP contribution in [0.4, 0.5) is 0 Å². The van der Waals surface area contributed by atoms with Crippen molar-refractivity contribution in [3.8, 4) is 11.1 Å². The number of likely N-dealkylation sites (tertiary alicyclic amines) is 1. The summed E-state index contributed by atoms with van der Waals surface area (Å²) in [6.07, 6.45) is 1.73. The van der Waals surface area contributed by atoms with Crippen molar-refractivity contribution in [2.75, 3.05) is 32.8 Å². The van der Waals surface area contributed by atoms with Crippen LogP contribution < -0.4 is 10.6 Å². The molecule has 3 aliphatic rings. The summed E-state index contributed by atoms with van der Waals surface area (Å²) in [5.74, 6) is -1.43. The first-order chi connectivity index (χ1) is 21.2. The van der Waals surface area contributed by atoms with Crippen LogP contribution >= 0.6 is 11.8 Å². The average molecular weight is 626 g/mol. The molecule has 2 aromatic carbocycles. The Labute approximate surface area is 268 Å². The Kier molecular flexibility index (Phi) is 15.7. The lowest BCUT2D eigenvalue weighted by Gasteiger charge is -2.24. The number of carbonyl (C=O) groups excluding carboxylic acids is 3. The second kappa shape index (κ2) is 18.6. The first-order valence-corrected chi connectivity index (χ1v) is 16.6. The SMILES string of the molecule is CC.CC.CC1=CSC(CNC(=O)C2CC3(CN2C(=O)CNC=O)OCCO3)C1.Cc1ccc(-c2c(C)cccc2C)cc1. The zero-order chi connectivity index (χ0) is 32.7. The molecule has 0 radical (unpaired) electrons. The van der Waals surface area contributed by atoms with E-state index in [1.807, 2.05) is 27.7 Å². The molecule has 2 aromatic rings. The zero-order valence-electron chi connectivity index (χ0n) is 27.7. The maximum absolute atomic E-state index is 12.7. The molecule has 0 aromatic heterocycles. The minimum Gasteiger partial charge on any atom is -0.353 e. The molecule has 0 bridgehead atoms. The number of rotatable bonds is 7. The Hall–Kier alpha value is -3.14. The van der Waals surface area contributed by atoms with Crippen molar-refractivity contribution in [3.05, 3.63) is 70.1 Å². The summed E-state index contributed by atoms with van der Waals surface area (Å²) in [4.78, 5) is 36.9. The summed E-state index contributed by atoms with van der Waals surface area (Å²) in [7, 11) is 0. The van der Waals surface area contributed by atoms with Crippen LogP contribution in [0.15, 0.2) is 53.4 Å². The molecule has 44 heavy (non-hydrogen) atoms. The van der Waals surface area contributed by atoms with Crippen LogP contribution in [-0.4, -0.2) is 73.1 Å². The van der Waals surface area contributed by atoms with Gasteiger partial charge in [-0.05, 0) is 61.8 Å². The number of nitrogens with zero attached hydrogens (tertiary/aromatic N) is 1. The van der Waals surface area contributed by atoms with Gasteiger partial charge in [0.1, 0.15) is 6.04 Å². The smallest absolute Gasteiger partial charge is 0.243 e. The number of hydrogen-bond acceptors (Lipinski definition) is 6. The second-order valence-corrected chi connectivity index (χ2v) is 11.8. The fourth-order valence-corrected chi connectivity index (χ4v) is 6.44. The van der Waals surface area contributed by atoms with Gasteiger partial charge in [0.25, 0.3) is 0 Å². The predicted octanol–water partition coefficient (Wildman–Crippen LogP) is 5.93. The highest BCUT2D eigenvalue weighted by Crippen LogP contribution is 2.35. The summed E-state index contributed by atoms with van der Waals surface area (Å²) >= 11 is 1.72. The first kappa shape index (κ1) is 37.0. The number of thioether (sulfide) groups is 1. The van der Waals surface area contributed by atoms with Crippen molar-refractivity contribution < 1.29 is 23.9 Å². The summed E-state index contributed by atoms with van der Waals surface area (Å²) in [6.45, 7) is 18.0. The van der Waals surface area contributed by atoms with Crippen LogP contribution in [0.2, 0.25) is 0 Å². The van der Waals surface area contributed by atoms with Crippen LogP contribution in [-0.2, 0) is 23.9 Å². The van der Waals surface area contributed by atoms with Gasteiger partial charge in [0.2, 0.25) is 18.2 Å². The van der Waals surface area contributed by atoms with Crippen LogP contribution in [0.5, 0.6) is 0 Å². The Morgan fingerprint density at radius 3 is 2.14 bits per heavy atom. The van der Waals surface area contributed by atoms with Gasteiger partial charge in [0, 0.05) is 18.2 Å². The molecule has 0 aliphatic carbocycles. The van der Waals surface area contributed by atoms with Crippen LogP contribution in [0.3, 0.4) is 0 Å².